The van der Waals surface area contributed by atoms with Crippen LogP contribution in [0.4, 0.5) is 5.69 Å². The summed E-state index contributed by atoms with van der Waals surface area (Å²) >= 11 is 2.16. The quantitative estimate of drug-likeness (QED) is 0.441. The fourth-order valence-electron chi connectivity index (χ4n) is 2.31. The van der Waals surface area contributed by atoms with Crippen molar-refractivity contribution in [1.82, 2.24) is 5.43 Å². The average molecular weight is 436 g/mol. The number of hydrogen-bond donors (Lipinski definition) is 2. The number of hydrogen-bond acceptors (Lipinski definition) is 4. The Bertz CT molecular complexity index is 846. The summed E-state index contributed by atoms with van der Waals surface area (Å²) in [4.78, 5) is 24.7. The number of para-hydroxylation sites is 1. The summed E-state index contributed by atoms with van der Waals surface area (Å²) in [5.74, 6) is -0.866. The summed E-state index contributed by atoms with van der Waals surface area (Å²) in [5.41, 5.74) is 3.35. The smallest absolute Gasteiger partial charge is 0.282 e. The summed E-state index contributed by atoms with van der Waals surface area (Å²) < 4.78 is 6.05. The minimum absolute atomic E-state index is 0.0582. The van der Waals surface area contributed by atoms with Crippen molar-refractivity contribution in [3.05, 3.63) is 57.2 Å². The standard InChI is InChI=1S/C17H13IN2O4/c1-24-14-4-2-3-10(15(14)21)9-13-16(22)19-20(17(13)23)12-7-5-11(18)6-8-12/h2-9,21H,1H3,(H,19,22)/b13-9+. The SMILES string of the molecule is COc1cccc(/C=C2\C(=O)NN(c3ccc(I)cc3)C2=O)c1O. The van der Waals surface area contributed by atoms with Gasteiger partial charge in [-0.05, 0) is 59.0 Å². The van der Waals surface area contributed by atoms with Crippen LogP contribution in [0.3, 0.4) is 0 Å². The van der Waals surface area contributed by atoms with Crippen molar-refractivity contribution in [2.45, 2.75) is 0 Å². The van der Waals surface area contributed by atoms with Crippen molar-refractivity contribution in [2.24, 2.45) is 0 Å². The van der Waals surface area contributed by atoms with Crippen LogP contribution in [0, 0.1) is 3.57 Å². The Kier molecular flexibility index (Phi) is 4.43. The maximum atomic E-state index is 12.5. The first-order valence-corrected chi connectivity index (χ1v) is 8.08. The molecule has 1 aliphatic heterocycles. The number of phenolic OH excluding ortho intramolecular Hbond substituents is 1. The predicted molar refractivity (Wildman–Crippen MR) is 97.4 cm³/mol. The molecule has 3 rings (SSSR count). The van der Waals surface area contributed by atoms with Crippen molar-refractivity contribution in [1.29, 1.82) is 0 Å². The van der Waals surface area contributed by atoms with Crippen molar-refractivity contribution in [3.63, 3.8) is 0 Å². The third kappa shape index (κ3) is 2.94. The topological polar surface area (TPSA) is 78.9 Å². The molecule has 2 aromatic carbocycles. The molecule has 0 aromatic heterocycles. The molecule has 7 heteroatoms. The van der Waals surface area contributed by atoms with Crippen LogP contribution in [0.2, 0.25) is 0 Å². The van der Waals surface area contributed by atoms with Gasteiger partial charge in [-0.3, -0.25) is 15.0 Å². The molecule has 0 bridgehead atoms. The Hall–Kier alpha value is -2.55. The lowest BCUT2D eigenvalue weighted by Crippen LogP contribution is -2.35. The van der Waals surface area contributed by atoms with Gasteiger partial charge in [-0.15, -0.1) is 0 Å². The zero-order valence-electron chi connectivity index (χ0n) is 12.6. The molecule has 24 heavy (non-hydrogen) atoms. The van der Waals surface area contributed by atoms with E-state index >= 15 is 0 Å². The van der Waals surface area contributed by atoms with Crippen LogP contribution >= 0.6 is 22.6 Å². The average Bonchev–Trinajstić information content (AvgIpc) is 2.85. The molecule has 1 fully saturated rings. The maximum Gasteiger partial charge on any atom is 0.282 e. The number of phenols is 1. The number of nitrogens with zero attached hydrogens (tertiary/aromatic N) is 1. The van der Waals surface area contributed by atoms with Crippen LogP contribution in [0.15, 0.2) is 48.0 Å². The van der Waals surface area contributed by atoms with E-state index in [0.717, 1.165) is 3.57 Å². The Morgan fingerprint density at radius 2 is 1.88 bits per heavy atom. The molecule has 2 amide bonds. The van der Waals surface area contributed by atoms with E-state index in [-0.39, 0.29) is 17.1 Å². The van der Waals surface area contributed by atoms with Gasteiger partial charge < -0.3 is 9.84 Å². The Morgan fingerprint density at radius 1 is 1.17 bits per heavy atom. The Balaban J connectivity index is 1.96. The highest BCUT2D eigenvalue weighted by Gasteiger charge is 2.34. The zero-order chi connectivity index (χ0) is 17.3. The van der Waals surface area contributed by atoms with Crippen LogP contribution < -0.4 is 15.2 Å². The first kappa shape index (κ1) is 16.3. The molecule has 0 atom stereocenters. The minimum atomic E-state index is -0.527. The number of carbonyl (C=O) groups excluding carboxylic acids is 2. The molecule has 0 spiro atoms. The first-order valence-electron chi connectivity index (χ1n) is 7.00. The molecule has 122 valence electrons. The number of amides is 2. The zero-order valence-corrected chi connectivity index (χ0v) is 14.8. The largest absolute Gasteiger partial charge is 0.504 e. The summed E-state index contributed by atoms with van der Waals surface area (Å²) in [6, 6.07) is 12.0. The van der Waals surface area contributed by atoms with Crippen molar-refractivity contribution < 1.29 is 19.4 Å². The van der Waals surface area contributed by atoms with E-state index in [4.69, 9.17) is 4.74 Å². The lowest BCUT2D eigenvalue weighted by molar-refractivity contribution is -0.117. The molecule has 0 unspecified atom stereocenters. The van der Waals surface area contributed by atoms with Gasteiger partial charge in [-0.2, -0.15) is 0 Å². The number of rotatable bonds is 3. The Morgan fingerprint density at radius 3 is 2.54 bits per heavy atom. The summed E-state index contributed by atoms with van der Waals surface area (Å²) in [6.07, 6.45) is 1.35. The molecule has 1 saturated heterocycles. The molecular weight excluding hydrogens is 423 g/mol. The second-order valence-electron chi connectivity index (χ2n) is 5.01. The third-order valence-electron chi connectivity index (χ3n) is 3.53. The number of carbonyl (C=O) groups is 2. The van der Waals surface area contributed by atoms with E-state index in [1.54, 1.807) is 30.3 Å². The van der Waals surface area contributed by atoms with Gasteiger partial charge in [-0.25, -0.2) is 5.01 Å². The van der Waals surface area contributed by atoms with Gasteiger partial charge in [0.15, 0.2) is 11.5 Å². The first-order chi connectivity index (χ1) is 11.5. The molecule has 1 aliphatic rings. The summed E-state index contributed by atoms with van der Waals surface area (Å²) in [6.45, 7) is 0. The molecule has 0 radical (unpaired) electrons. The van der Waals surface area contributed by atoms with E-state index in [2.05, 4.69) is 28.0 Å². The van der Waals surface area contributed by atoms with Gasteiger partial charge in [0.2, 0.25) is 0 Å². The number of nitrogens with one attached hydrogen (secondary N) is 1. The number of aromatic hydroxyl groups is 1. The summed E-state index contributed by atoms with van der Waals surface area (Å²) in [7, 11) is 1.43. The van der Waals surface area contributed by atoms with E-state index < -0.39 is 11.8 Å². The third-order valence-corrected chi connectivity index (χ3v) is 4.25. The van der Waals surface area contributed by atoms with E-state index in [1.807, 2.05) is 12.1 Å². The van der Waals surface area contributed by atoms with Crippen LogP contribution in [0.25, 0.3) is 6.08 Å². The fraction of sp³-hybridized carbons (Fsp3) is 0.0588. The van der Waals surface area contributed by atoms with Gasteiger partial charge >= 0.3 is 0 Å². The van der Waals surface area contributed by atoms with Crippen molar-refractivity contribution in [2.75, 3.05) is 12.1 Å². The highest BCUT2D eigenvalue weighted by atomic mass is 127. The van der Waals surface area contributed by atoms with Crippen LogP contribution in [-0.2, 0) is 9.59 Å². The van der Waals surface area contributed by atoms with E-state index in [1.165, 1.54) is 18.2 Å². The van der Waals surface area contributed by atoms with Gasteiger partial charge in [-0.1, -0.05) is 12.1 Å². The summed E-state index contributed by atoms with van der Waals surface area (Å²) in [5, 5.41) is 11.3. The molecule has 2 aromatic rings. The lowest BCUT2D eigenvalue weighted by Gasteiger charge is -2.14. The number of hydrazine groups is 1. The van der Waals surface area contributed by atoms with Gasteiger partial charge in [0.1, 0.15) is 5.57 Å². The van der Waals surface area contributed by atoms with Crippen molar-refractivity contribution >= 4 is 46.2 Å². The Labute approximate surface area is 151 Å². The van der Waals surface area contributed by atoms with E-state index in [9.17, 15) is 14.7 Å². The molecule has 0 aliphatic carbocycles. The van der Waals surface area contributed by atoms with Crippen LogP contribution in [0.1, 0.15) is 5.56 Å². The fourth-order valence-corrected chi connectivity index (χ4v) is 2.66. The van der Waals surface area contributed by atoms with Crippen molar-refractivity contribution in [3.8, 4) is 11.5 Å². The van der Waals surface area contributed by atoms with Crippen LogP contribution in [-0.4, -0.2) is 24.0 Å². The lowest BCUT2D eigenvalue weighted by atomic mass is 10.1. The predicted octanol–water partition coefficient (Wildman–Crippen LogP) is 2.47. The molecule has 0 saturated carbocycles. The van der Waals surface area contributed by atoms with Gasteiger partial charge in [0.25, 0.3) is 11.8 Å². The van der Waals surface area contributed by atoms with E-state index in [0.29, 0.717) is 11.3 Å². The number of anilines is 1. The molecule has 6 nitrogen and oxygen atoms in total. The molecule has 1 heterocycles. The molecule has 2 N–H and O–H groups in total. The number of methoxy groups -OCH3 is 1. The maximum absolute atomic E-state index is 12.5. The highest BCUT2D eigenvalue weighted by molar-refractivity contribution is 14.1. The van der Waals surface area contributed by atoms with Gasteiger partial charge in [0, 0.05) is 9.13 Å². The molecular formula is C17H13IN2O4. The number of halogens is 1. The highest BCUT2D eigenvalue weighted by Crippen LogP contribution is 2.32. The monoisotopic (exact) mass is 436 g/mol. The minimum Gasteiger partial charge on any atom is -0.504 e. The number of benzene rings is 2. The second-order valence-corrected chi connectivity index (χ2v) is 6.26. The second kappa shape index (κ2) is 6.52. The van der Waals surface area contributed by atoms with Crippen LogP contribution in [0.5, 0.6) is 11.5 Å². The normalized spacial score (nSPS) is 15.8. The number of ether oxygens (including phenoxy) is 1. The van der Waals surface area contributed by atoms with Gasteiger partial charge in [0.05, 0.1) is 12.8 Å².